The second kappa shape index (κ2) is 5.57. The van der Waals surface area contributed by atoms with Crippen LogP contribution in [0.25, 0.3) is 0 Å². The lowest BCUT2D eigenvalue weighted by Gasteiger charge is -2.09. The number of hydrogen-bond donors (Lipinski definition) is 0. The first-order valence-corrected chi connectivity index (χ1v) is 6.39. The van der Waals surface area contributed by atoms with Crippen LogP contribution < -0.4 is 0 Å². The molecule has 0 amide bonds. The summed E-state index contributed by atoms with van der Waals surface area (Å²) < 4.78 is 30.8. The van der Waals surface area contributed by atoms with Gasteiger partial charge in [-0.1, -0.05) is 0 Å². The molecule has 2 fully saturated rings. The third-order valence-corrected chi connectivity index (χ3v) is 3.73. The lowest BCUT2D eigenvalue weighted by Crippen LogP contribution is -2.16. The van der Waals surface area contributed by atoms with Gasteiger partial charge < -0.3 is 9.47 Å². The third kappa shape index (κ3) is 5.23. The van der Waals surface area contributed by atoms with Gasteiger partial charge in [0.2, 0.25) is 0 Å². The molecule has 0 saturated carbocycles. The van der Waals surface area contributed by atoms with E-state index in [2.05, 4.69) is 0 Å². The highest BCUT2D eigenvalue weighted by Crippen LogP contribution is 2.08. The molecule has 0 bridgehead atoms. The minimum Gasteiger partial charge on any atom is -0.377 e. The monoisotopic (exact) mass is 208 g/mol. The second-order valence-electron chi connectivity index (χ2n) is 3.08. The Hall–Kier alpha value is -0.130. The molecule has 0 spiro atoms. The maximum atomic E-state index is 10.4. The minimum absolute atomic E-state index is 0.424. The Bertz CT molecular complexity index is 195. The molecule has 0 aromatic rings. The molecule has 0 aliphatic carbocycles. The van der Waals surface area contributed by atoms with E-state index in [9.17, 15) is 8.42 Å². The Morgan fingerprint density at radius 3 is 1.31 bits per heavy atom. The summed E-state index contributed by atoms with van der Waals surface area (Å²) in [6.07, 6.45) is 1.75. The zero-order valence-electron chi connectivity index (χ0n) is 7.70. The highest BCUT2D eigenvalue weighted by atomic mass is 32.2. The van der Waals surface area contributed by atoms with E-state index in [0.29, 0.717) is 11.5 Å². The molecule has 0 aromatic heterocycles. The summed E-state index contributed by atoms with van der Waals surface area (Å²) >= 11 is 0. The smallest absolute Gasteiger partial charge is 0.150 e. The number of rotatable bonds is 0. The normalized spacial score (nSPS) is 26.2. The van der Waals surface area contributed by atoms with Crippen LogP contribution >= 0.6 is 0 Å². The first-order valence-electron chi connectivity index (χ1n) is 4.57. The number of ether oxygens (including phenoxy) is 2. The maximum Gasteiger partial charge on any atom is 0.150 e. The van der Waals surface area contributed by atoms with E-state index in [1.807, 2.05) is 0 Å². The molecule has 0 N–H and O–H groups in total. The van der Waals surface area contributed by atoms with Crippen LogP contribution in [0.4, 0.5) is 0 Å². The average Bonchev–Trinajstić information content (AvgIpc) is 2.54. The zero-order chi connectivity index (χ0) is 9.57. The van der Waals surface area contributed by atoms with Crippen molar-refractivity contribution in [1.82, 2.24) is 0 Å². The van der Waals surface area contributed by atoms with Gasteiger partial charge in [-0.25, -0.2) is 8.42 Å². The first kappa shape index (κ1) is 10.9. The van der Waals surface area contributed by atoms with Crippen LogP contribution in [0.5, 0.6) is 0 Å². The summed E-state index contributed by atoms with van der Waals surface area (Å²) in [5.74, 6) is 0.847. The standard InChI is InChI=1S/C4H8O2S.C4H8O2/c5-7(6)3-1-2-4-7;1-2-6-4-3-5-1/h1-4H2;1-4H2. The molecule has 2 rings (SSSR count). The summed E-state index contributed by atoms with van der Waals surface area (Å²) in [5.41, 5.74) is 0. The van der Waals surface area contributed by atoms with Crippen LogP contribution in [0.15, 0.2) is 0 Å². The molecule has 0 radical (unpaired) electrons. The van der Waals surface area contributed by atoms with Gasteiger partial charge in [0, 0.05) is 0 Å². The predicted octanol–water partition coefficient (Wildman–Crippen LogP) is 0.228. The van der Waals surface area contributed by atoms with Crippen molar-refractivity contribution in [3.63, 3.8) is 0 Å². The Morgan fingerprint density at radius 2 is 1.15 bits per heavy atom. The van der Waals surface area contributed by atoms with E-state index in [1.54, 1.807) is 0 Å². The SMILES string of the molecule is C1COCCO1.O=S1(=O)CCCC1. The van der Waals surface area contributed by atoms with Crippen LogP contribution in [-0.2, 0) is 19.3 Å². The van der Waals surface area contributed by atoms with Crippen LogP contribution in [0, 0.1) is 0 Å². The zero-order valence-corrected chi connectivity index (χ0v) is 8.51. The van der Waals surface area contributed by atoms with Crippen molar-refractivity contribution in [3.05, 3.63) is 0 Å². The molecule has 0 aromatic carbocycles. The fraction of sp³-hybridized carbons (Fsp3) is 1.00. The van der Waals surface area contributed by atoms with Crippen LogP contribution in [0.1, 0.15) is 12.8 Å². The predicted molar refractivity (Wildman–Crippen MR) is 49.5 cm³/mol. The van der Waals surface area contributed by atoms with Crippen molar-refractivity contribution >= 4 is 9.84 Å². The molecule has 2 aliphatic heterocycles. The van der Waals surface area contributed by atoms with Gasteiger partial charge in [0.1, 0.15) is 9.84 Å². The molecule has 78 valence electrons. The fourth-order valence-electron chi connectivity index (χ4n) is 1.19. The Morgan fingerprint density at radius 1 is 0.769 bits per heavy atom. The van der Waals surface area contributed by atoms with Crippen molar-refractivity contribution in [2.75, 3.05) is 37.9 Å². The van der Waals surface area contributed by atoms with Crippen LogP contribution in [0.3, 0.4) is 0 Å². The third-order valence-electron chi connectivity index (χ3n) is 1.90. The van der Waals surface area contributed by atoms with E-state index in [-0.39, 0.29) is 0 Å². The van der Waals surface area contributed by atoms with Gasteiger partial charge in [-0.2, -0.15) is 0 Å². The molecule has 0 unspecified atom stereocenters. The number of hydrogen-bond acceptors (Lipinski definition) is 4. The fourth-order valence-corrected chi connectivity index (χ4v) is 2.68. The molecule has 2 saturated heterocycles. The topological polar surface area (TPSA) is 52.6 Å². The van der Waals surface area contributed by atoms with Crippen molar-refractivity contribution < 1.29 is 17.9 Å². The van der Waals surface area contributed by atoms with Crippen molar-refractivity contribution in [2.45, 2.75) is 12.8 Å². The van der Waals surface area contributed by atoms with Crippen molar-refractivity contribution in [2.24, 2.45) is 0 Å². The van der Waals surface area contributed by atoms with Gasteiger partial charge in [0.05, 0.1) is 37.9 Å². The lowest BCUT2D eigenvalue weighted by atomic mass is 10.4. The van der Waals surface area contributed by atoms with Crippen LogP contribution in [-0.4, -0.2) is 46.4 Å². The minimum atomic E-state index is -2.55. The maximum absolute atomic E-state index is 10.4. The molecule has 0 atom stereocenters. The molecule has 4 nitrogen and oxygen atoms in total. The van der Waals surface area contributed by atoms with E-state index >= 15 is 0 Å². The quantitative estimate of drug-likeness (QED) is 0.572. The van der Waals surface area contributed by atoms with Crippen molar-refractivity contribution in [1.29, 1.82) is 0 Å². The highest BCUT2D eigenvalue weighted by Gasteiger charge is 2.16. The molecule has 2 heterocycles. The van der Waals surface area contributed by atoms with Gasteiger partial charge in [0.15, 0.2) is 0 Å². The summed E-state index contributed by atoms with van der Waals surface area (Å²) in [6, 6.07) is 0. The molecule has 5 heteroatoms. The van der Waals surface area contributed by atoms with E-state index in [1.165, 1.54) is 0 Å². The molecular formula is C8H16O4S. The van der Waals surface area contributed by atoms with Crippen LogP contribution in [0.2, 0.25) is 0 Å². The van der Waals surface area contributed by atoms with E-state index in [4.69, 9.17) is 9.47 Å². The molecular weight excluding hydrogens is 192 g/mol. The lowest BCUT2D eigenvalue weighted by molar-refractivity contribution is -0.0334. The summed E-state index contributed by atoms with van der Waals surface area (Å²) in [4.78, 5) is 0. The summed E-state index contributed by atoms with van der Waals surface area (Å²) in [6.45, 7) is 3.11. The first-order chi connectivity index (χ1) is 6.21. The van der Waals surface area contributed by atoms with Gasteiger partial charge in [-0.3, -0.25) is 0 Å². The molecule has 13 heavy (non-hydrogen) atoms. The van der Waals surface area contributed by atoms with E-state index in [0.717, 1.165) is 39.3 Å². The van der Waals surface area contributed by atoms with Gasteiger partial charge in [0.25, 0.3) is 0 Å². The summed E-state index contributed by atoms with van der Waals surface area (Å²) in [7, 11) is -2.55. The van der Waals surface area contributed by atoms with Crippen molar-refractivity contribution in [3.8, 4) is 0 Å². The number of sulfone groups is 1. The van der Waals surface area contributed by atoms with E-state index < -0.39 is 9.84 Å². The Labute approximate surface area is 79.1 Å². The second-order valence-corrected chi connectivity index (χ2v) is 5.39. The largest absolute Gasteiger partial charge is 0.377 e. The average molecular weight is 208 g/mol. The Balaban J connectivity index is 0.000000132. The highest BCUT2D eigenvalue weighted by molar-refractivity contribution is 7.91. The van der Waals surface area contributed by atoms with Gasteiger partial charge in [-0.05, 0) is 12.8 Å². The summed E-state index contributed by atoms with van der Waals surface area (Å²) in [5, 5.41) is 0. The van der Waals surface area contributed by atoms with Gasteiger partial charge >= 0.3 is 0 Å². The van der Waals surface area contributed by atoms with Gasteiger partial charge in [-0.15, -0.1) is 0 Å². The molecule has 2 aliphatic rings. The Kier molecular flexibility index (Phi) is 4.69.